The first-order valence-corrected chi connectivity index (χ1v) is 6.15. The maximum absolute atomic E-state index is 11.6. The van der Waals surface area contributed by atoms with Crippen molar-refractivity contribution in [2.24, 2.45) is 17.6 Å². The zero-order chi connectivity index (χ0) is 11.3. The second kappa shape index (κ2) is 6.11. The molecular formula is C12H24N2O. The quantitative estimate of drug-likeness (QED) is 0.744. The largest absolute Gasteiger partial charge is 0.353 e. The molecule has 1 aliphatic rings. The molecule has 0 spiro atoms. The number of nitrogens with two attached hydrogens (primary N) is 1. The molecule has 3 N–H and O–H groups in total. The van der Waals surface area contributed by atoms with E-state index in [-0.39, 0.29) is 11.8 Å². The van der Waals surface area contributed by atoms with Gasteiger partial charge >= 0.3 is 0 Å². The standard InChI is InChI=1S/C12H24N2O/c1-9(8-13)12(15)14-10(2)11-6-4-3-5-7-11/h9-11H,3-8,13H2,1-2H3,(H,14,15)/t9?,10-/m0/s1. The summed E-state index contributed by atoms with van der Waals surface area (Å²) in [6, 6.07) is 0.312. The van der Waals surface area contributed by atoms with Gasteiger partial charge in [-0.2, -0.15) is 0 Å². The number of hydrogen-bond donors (Lipinski definition) is 2. The third kappa shape index (κ3) is 3.82. The minimum Gasteiger partial charge on any atom is -0.353 e. The zero-order valence-electron chi connectivity index (χ0n) is 9.96. The second-order valence-electron chi connectivity index (χ2n) is 4.83. The van der Waals surface area contributed by atoms with Crippen LogP contribution in [0.1, 0.15) is 46.0 Å². The Morgan fingerprint density at radius 2 is 1.93 bits per heavy atom. The number of rotatable bonds is 4. The van der Waals surface area contributed by atoms with Crippen LogP contribution in [0, 0.1) is 11.8 Å². The topological polar surface area (TPSA) is 55.1 Å². The average Bonchev–Trinajstić information content (AvgIpc) is 2.29. The second-order valence-corrected chi connectivity index (χ2v) is 4.83. The van der Waals surface area contributed by atoms with E-state index in [1.165, 1.54) is 32.1 Å². The van der Waals surface area contributed by atoms with Crippen LogP contribution < -0.4 is 11.1 Å². The molecule has 0 aliphatic heterocycles. The van der Waals surface area contributed by atoms with Gasteiger partial charge in [-0.25, -0.2) is 0 Å². The Labute approximate surface area is 92.8 Å². The fraction of sp³-hybridized carbons (Fsp3) is 0.917. The molecule has 0 saturated heterocycles. The molecule has 1 unspecified atom stereocenters. The summed E-state index contributed by atoms with van der Waals surface area (Å²) in [5, 5.41) is 3.08. The number of nitrogens with one attached hydrogen (secondary N) is 1. The third-order valence-corrected chi connectivity index (χ3v) is 3.53. The van der Waals surface area contributed by atoms with Gasteiger partial charge in [0.1, 0.15) is 0 Å². The van der Waals surface area contributed by atoms with Crippen LogP contribution >= 0.6 is 0 Å². The molecule has 0 aromatic heterocycles. The Kier molecular flexibility index (Phi) is 5.09. The fourth-order valence-corrected chi connectivity index (χ4v) is 2.23. The Bertz CT molecular complexity index is 200. The van der Waals surface area contributed by atoms with Gasteiger partial charge in [0.15, 0.2) is 0 Å². The summed E-state index contributed by atoms with van der Waals surface area (Å²) in [6.07, 6.45) is 6.52. The zero-order valence-corrected chi connectivity index (χ0v) is 9.96. The van der Waals surface area contributed by atoms with E-state index in [0.29, 0.717) is 18.5 Å². The van der Waals surface area contributed by atoms with Gasteiger partial charge < -0.3 is 11.1 Å². The number of amides is 1. The Balaban J connectivity index is 2.33. The lowest BCUT2D eigenvalue weighted by Gasteiger charge is -2.29. The molecule has 15 heavy (non-hydrogen) atoms. The fourth-order valence-electron chi connectivity index (χ4n) is 2.23. The summed E-state index contributed by atoms with van der Waals surface area (Å²) in [6.45, 7) is 4.43. The first-order chi connectivity index (χ1) is 7.15. The van der Waals surface area contributed by atoms with Gasteiger partial charge in [0.05, 0.1) is 0 Å². The van der Waals surface area contributed by atoms with Crippen LogP contribution in [0.25, 0.3) is 0 Å². The van der Waals surface area contributed by atoms with E-state index in [2.05, 4.69) is 12.2 Å². The monoisotopic (exact) mass is 212 g/mol. The van der Waals surface area contributed by atoms with Crippen LogP contribution in [0.4, 0.5) is 0 Å². The van der Waals surface area contributed by atoms with Gasteiger partial charge in [-0.1, -0.05) is 26.2 Å². The Hall–Kier alpha value is -0.570. The minimum atomic E-state index is -0.0592. The van der Waals surface area contributed by atoms with E-state index < -0.39 is 0 Å². The highest BCUT2D eigenvalue weighted by atomic mass is 16.1. The van der Waals surface area contributed by atoms with Crippen molar-refractivity contribution in [1.29, 1.82) is 0 Å². The highest BCUT2D eigenvalue weighted by Gasteiger charge is 2.22. The molecule has 1 fully saturated rings. The van der Waals surface area contributed by atoms with Crippen molar-refractivity contribution in [3.05, 3.63) is 0 Å². The van der Waals surface area contributed by atoms with Crippen LogP contribution in [-0.2, 0) is 4.79 Å². The van der Waals surface area contributed by atoms with E-state index in [1.54, 1.807) is 0 Å². The Morgan fingerprint density at radius 3 is 2.47 bits per heavy atom. The van der Waals surface area contributed by atoms with Crippen molar-refractivity contribution in [2.45, 2.75) is 52.0 Å². The predicted octanol–water partition coefficient (Wildman–Crippen LogP) is 1.67. The molecule has 0 bridgehead atoms. The SMILES string of the molecule is CC(CN)C(=O)N[C@@H](C)C1CCCCC1. The molecular weight excluding hydrogens is 188 g/mol. The van der Waals surface area contributed by atoms with Crippen LogP contribution in [-0.4, -0.2) is 18.5 Å². The first kappa shape index (κ1) is 12.5. The van der Waals surface area contributed by atoms with Crippen molar-refractivity contribution in [3.63, 3.8) is 0 Å². The smallest absolute Gasteiger partial charge is 0.224 e. The van der Waals surface area contributed by atoms with E-state index in [1.807, 2.05) is 6.92 Å². The lowest BCUT2D eigenvalue weighted by Crippen LogP contribution is -2.42. The molecule has 0 aromatic carbocycles. The van der Waals surface area contributed by atoms with E-state index in [4.69, 9.17) is 5.73 Å². The van der Waals surface area contributed by atoms with Gasteiger partial charge in [-0.05, 0) is 25.7 Å². The molecule has 1 aliphatic carbocycles. The molecule has 1 amide bonds. The summed E-state index contributed by atoms with van der Waals surface area (Å²) in [4.78, 5) is 11.6. The molecule has 0 heterocycles. The summed E-state index contributed by atoms with van der Waals surface area (Å²) in [5.41, 5.74) is 5.47. The Morgan fingerprint density at radius 1 is 1.33 bits per heavy atom. The van der Waals surface area contributed by atoms with Crippen molar-refractivity contribution in [2.75, 3.05) is 6.54 Å². The van der Waals surface area contributed by atoms with Crippen LogP contribution in [0.2, 0.25) is 0 Å². The number of carbonyl (C=O) groups excluding carboxylic acids is 1. The van der Waals surface area contributed by atoms with Crippen LogP contribution in [0.15, 0.2) is 0 Å². The van der Waals surface area contributed by atoms with E-state index in [9.17, 15) is 4.79 Å². The van der Waals surface area contributed by atoms with Gasteiger partial charge in [-0.15, -0.1) is 0 Å². The third-order valence-electron chi connectivity index (χ3n) is 3.53. The first-order valence-electron chi connectivity index (χ1n) is 6.15. The van der Waals surface area contributed by atoms with Gasteiger partial charge in [-0.3, -0.25) is 4.79 Å². The van der Waals surface area contributed by atoms with Gasteiger partial charge in [0.2, 0.25) is 5.91 Å². The lowest BCUT2D eigenvalue weighted by molar-refractivity contribution is -0.125. The highest BCUT2D eigenvalue weighted by molar-refractivity contribution is 5.78. The maximum atomic E-state index is 11.6. The van der Waals surface area contributed by atoms with Crippen molar-refractivity contribution in [3.8, 4) is 0 Å². The lowest BCUT2D eigenvalue weighted by atomic mass is 9.84. The molecule has 3 heteroatoms. The molecule has 1 rings (SSSR count). The maximum Gasteiger partial charge on any atom is 0.224 e. The van der Waals surface area contributed by atoms with Gasteiger partial charge in [0, 0.05) is 18.5 Å². The molecule has 2 atom stereocenters. The summed E-state index contributed by atoms with van der Waals surface area (Å²) >= 11 is 0. The highest BCUT2D eigenvalue weighted by Crippen LogP contribution is 2.26. The van der Waals surface area contributed by atoms with Crippen molar-refractivity contribution in [1.82, 2.24) is 5.32 Å². The van der Waals surface area contributed by atoms with E-state index in [0.717, 1.165) is 0 Å². The molecule has 0 radical (unpaired) electrons. The normalized spacial score (nSPS) is 22.1. The summed E-state index contributed by atoms with van der Waals surface area (Å²) < 4.78 is 0. The van der Waals surface area contributed by atoms with Crippen LogP contribution in [0.5, 0.6) is 0 Å². The average molecular weight is 212 g/mol. The molecule has 3 nitrogen and oxygen atoms in total. The number of hydrogen-bond acceptors (Lipinski definition) is 2. The van der Waals surface area contributed by atoms with Crippen molar-refractivity contribution < 1.29 is 4.79 Å². The summed E-state index contributed by atoms with van der Waals surface area (Å²) in [5.74, 6) is 0.722. The number of carbonyl (C=O) groups is 1. The predicted molar refractivity (Wildman–Crippen MR) is 62.4 cm³/mol. The summed E-state index contributed by atoms with van der Waals surface area (Å²) in [7, 11) is 0. The van der Waals surface area contributed by atoms with Crippen molar-refractivity contribution >= 4 is 5.91 Å². The van der Waals surface area contributed by atoms with E-state index >= 15 is 0 Å². The van der Waals surface area contributed by atoms with Gasteiger partial charge in [0.25, 0.3) is 0 Å². The minimum absolute atomic E-state index is 0.0592. The molecule has 0 aromatic rings. The molecule has 1 saturated carbocycles. The van der Waals surface area contributed by atoms with Crippen LogP contribution in [0.3, 0.4) is 0 Å². The molecule has 88 valence electrons.